The first kappa shape index (κ1) is 16.2. The quantitative estimate of drug-likeness (QED) is 0.923. The van der Waals surface area contributed by atoms with Crippen LogP contribution >= 0.6 is 0 Å². The van der Waals surface area contributed by atoms with E-state index in [9.17, 15) is 9.59 Å². The molecule has 1 unspecified atom stereocenters. The monoisotopic (exact) mass is 347 g/mol. The van der Waals surface area contributed by atoms with E-state index < -0.39 is 5.54 Å². The zero-order chi connectivity index (χ0) is 18.3. The zero-order valence-electron chi connectivity index (χ0n) is 14.4. The van der Waals surface area contributed by atoms with E-state index in [4.69, 9.17) is 0 Å². The molecule has 2 aliphatic rings. The molecular weight excluding hydrogens is 330 g/mol. The maximum absolute atomic E-state index is 12.9. The van der Waals surface area contributed by atoms with Gasteiger partial charge >= 0.3 is 0 Å². The largest absolute Gasteiger partial charge is 0.321 e. The van der Waals surface area contributed by atoms with E-state index in [1.54, 1.807) is 31.1 Å². The van der Waals surface area contributed by atoms with Gasteiger partial charge < -0.3 is 5.32 Å². The molecule has 4 rings (SSSR count). The molecule has 1 N–H and O–H groups in total. The lowest BCUT2D eigenvalue weighted by atomic mass is 9.90. The van der Waals surface area contributed by atoms with Crippen molar-refractivity contribution in [3.8, 4) is 0 Å². The van der Waals surface area contributed by atoms with Gasteiger partial charge in [-0.25, -0.2) is 5.01 Å². The van der Waals surface area contributed by atoms with Gasteiger partial charge in [-0.1, -0.05) is 36.4 Å². The molecule has 1 fully saturated rings. The van der Waals surface area contributed by atoms with E-state index >= 15 is 0 Å². The van der Waals surface area contributed by atoms with Crippen molar-refractivity contribution >= 4 is 34.6 Å². The summed E-state index contributed by atoms with van der Waals surface area (Å²) in [4.78, 5) is 25.7. The van der Waals surface area contributed by atoms with Crippen LogP contribution in [0.25, 0.3) is 0 Å². The Kier molecular flexibility index (Phi) is 3.66. The molecule has 2 aromatic carbocycles. The predicted molar refractivity (Wildman–Crippen MR) is 100 cm³/mol. The number of hydrogen-bond donors (Lipinski definition) is 1. The Bertz CT molecular complexity index is 939. The molecule has 130 valence electrons. The van der Waals surface area contributed by atoms with Crippen LogP contribution in [-0.4, -0.2) is 40.8 Å². The summed E-state index contributed by atoms with van der Waals surface area (Å²) in [7, 11) is 1.75. The molecule has 2 amide bonds. The summed E-state index contributed by atoms with van der Waals surface area (Å²) in [5.74, 6) is -0.667. The number of amides is 2. The van der Waals surface area contributed by atoms with Crippen LogP contribution in [0.15, 0.2) is 70.9 Å². The minimum atomic E-state index is -1.02. The Balaban J connectivity index is 1.66. The van der Waals surface area contributed by atoms with E-state index in [1.807, 2.05) is 48.5 Å². The molecule has 7 nitrogen and oxygen atoms in total. The third-order valence-electron chi connectivity index (χ3n) is 4.76. The highest BCUT2D eigenvalue weighted by Crippen LogP contribution is 2.35. The lowest BCUT2D eigenvalue weighted by Gasteiger charge is -2.33. The summed E-state index contributed by atoms with van der Waals surface area (Å²) in [5.41, 5.74) is 0.768. The van der Waals surface area contributed by atoms with Crippen LogP contribution in [0.3, 0.4) is 0 Å². The van der Waals surface area contributed by atoms with Gasteiger partial charge in [-0.05, 0) is 31.2 Å². The molecule has 0 aromatic heterocycles. The minimum Gasteiger partial charge on any atom is -0.321 e. The van der Waals surface area contributed by atoms with Crippen molar-refractivity contribution in [3.05, 3.63) is 60.7 Å². The summed E-state index contributed by atoms with van der Waals surface area (Å²) >= 11 is 0. The van der Waals surface area contributed by atoms with Crippen LogP contribution in [-0.2, 0) is 9.59 Å². The van der Waals surface area contributed by atoms with Crippen molar-refractivity contribution in [1.82, 2.24) is 5.01 Å². The second kappa shape index (κ2) is 5.89. The van der Waals surface area contributed by atoms with Crippen LogP contribution < -0.4 is 10.3 Å². The number of hydrazine groups is 1. The summed E-state index contributed by atoms with van der Waals surface area (Å²) in [6.07, 6.45) is 0. The van der Waals surface area contributed by atoms with Crippen LogP contribution in [0.5, 0.6) is 0 Å². The Morgan fingerprint density at radius 3 is 2.27 bits per heavy atom. The smallest absolute Gasteiger partial charge is 0.291 e. The fourth-order valence-corrected chi connectivity index (χ4v) is 3.24. The lowest BCUT2D eigenvalue weighted by Crippen LogP contribution is -2.55. The predicted octanol–water partition coefficient (Wildman–Crippen LogP) is 2.09. The van der Waals surface area contributed by atoms with E-state index in [2.05, 4.69) is 15.5 Å². The number of para-hydroxylation sites is 2. The average Bonchev–Trinajstić information content (AvgIpc) is 3.10. The van der Waals surface area contributed by atoms with Gasteiger partial charge in [-0.15, -0.1) is 10.2 Å². The summed E-state index contributed by atoms with van der Waals surface area (Å²) in [6.45, 7) is 1.78. The molecule has 26 heavy (non-hydrogen) atoms. The van der Waals surface area contributed by atoms with E-state index in [0.717, 1.165) is 0 Å². The molecule has 0 saturated carbocycles. The molecule has 1 saturated heterocycles. The number of nitrogens with one attached hydrogen (secondary N) is 1. The molecule has 2 heterocycles. The standard InChI is InChI=1S/C19H17N5O2/c1-19-15(17(25)20-13-9-5-3-6-10-13)21-22-16(19)18(26)24(23(19)2)14-11-7-4-8-12-14/h3-12H,1-2H3,(H,20,25). The first-order valence-corrected chi connectivity index (χ1v) is 8.19. The van der Waals surface area contributed by atoms with Gasteiger partial charge in [-0.3, -0.25) is 9.59 Å². The van der Waals surface area contributed by atoms with Crippen LogP contribution in [0, 0.1) is 0 Å². The highest BCUT2D eigenvalue weighted by Gasteiger charge is 2.59. The van der Waals surface area contributed by atoms with Gasteiger partial charge in [0.15, 0.2) is 11.4 Å². The molecule has 0 radical (unpaired) electrons. The minimum absolute atomic E-state index is 0.186. The van der Waals surface area contributed by atoms with E-state index in [1.165, 1.54) is 5.01 Å². The SMILES string of the molecule is CN1N(c2ccccc2)C(=O)C2=NN=C(C(=O)Nc3ccccc3)C21C. The van der Waals surface area contributed by atoms with Gasteiger partial charge in [0.25, 0.3) is 11.8 Å². The van der Waals surface area contributed by atoms with E-state index in [0.29, 0.717) is 11.4 Å². The van der Waals surface area contributed by atoms with Gasteiger partial charge in [0, 0.05) is 12.7 Å². The lowest BCUT2D eigenvalue weighted by molar-refractivity contribution is -0.114. The van der Waals surface area contributed by atoms with Crippen molar-refractivity contribution in [2.45, 2.75) is 12.5 Å². The molecule has 1 atom stereocenters. The van der Waals surface area contributed by atoms with Crippen molar-refractivity contribution in [2.75, 3.05) is 17.4 Å². The number of carbonyl (C=O) groups is 2. The molecule has 0 bridgehead atoms. The van der Waals surface area contributed by atoms with Crippen LogP contribution in [0.1, 0.15) is 6.92 Å². The Hall–Kier alpha value is -3.32. The zero-order valence-corrected chi connectivity index (χ0v) is 14.4. The van der Waals surface area contributed by atoms with Crippen LogP contribution in [0.2, 0.25) is 0 Å². The van der Waals surface area contributed by atoms with Gasteiger partial charge in [0.2, 0.25) is 0 Å². The van der Waals surface area contributed by atoms with Crippen molar-refractivity contribution in [3.63, 3.8) is 0 Å². The maximum atomic E-state index is 12.9. The van der Waals surface area contributed by atoms with Gasteiger partial charge in [0.05, 0.1) is 5.69 Å². The number of hydrogen-bond acceptors (Lipinski definition) is 5. The average molecular weight is 347 g/mol. The molecule has 0 aliphatic carbocycles. The van der Waals surface area contributed by atoms with Crippen LogP contribution in [0.4, 0.5) is 11.4 Å². The number of benzene rings is 2. The van der Waals surface area contributed by atoms with Gasteiger partial charge in [-0.2, -0.15) is 5.01 Å². The number of carbonyl (C=O) groups excluding carboxylic acids is 2. The molecule has 0 spiro atoms. The first-order chi connectivity index (χ1) is 12.5. The normalized spacial score (nSPS) is 22.1. The first-order valence-electron chi connectivity index (χ1n) is 8.19. The third kappa shape index (κ3) is 2.25. The Morgan fingerprint density at radius 1 is 1.00 bits per heavy atom. The topological polar surface area (TPSA) is 77.4 Å². The summed E-state index contributed by atoms with van der Waals surface area (Å²) < 4.78 is 0. The second-order valence-electron chi connectivity index (χ2n) is 6.27. The summed E-state index contributed by atoms with van der Waals surface area (Å²) in [5, 5.41) is 14.1. The molecule has 2 aromatic rings. The maximum Gasteiger partial charge on any atom is 0.291 e. The van der Waals surface area contributed by atoms with Crippen molar-refractivity contribution in [1.29, 1.82) is 0 Å². The van der Waals surface area contributed by atoms with E-state index in [-0.39, 0.29) is 23.2 Å². The second-order valence-corrected chi connectivity index (χ2v) is 6.27. The Labute approximate surface area is 150 Å². The number of nitrogens with zero attached hydrogens (tertiary/aromatic N) is 4. The highest BCUT2D eigenvalue weighted by atomic mass is 16.2. The fraction of sp³-hybridized carbons (Fsp3) is 0.158. The number of fused-ring (bicyclic) bond motifs is 1. The molecular formula is C19H17N5O2. The fourth-order valence-electron chi connectivity index (χ4n) is 3.24. The molecule has 7 heteroatoms. The Morgan fingerprint density at radius 2 is 1.62 bits per heavy atom. The number of anilines is 2. The molecule has 2 aliphatic heterocycles. The number of rotatable bonds is 3. The third-order valence-corrected chi connectivity index (χ3v) is 4.76. The van der Waals surface area contributed by atoms with Crippen molar-refractivity contribution in [2.24, 2.45) is 10.2 Å². The van der Waals surface area contributed by atoms with Gasteiger partial charge in [0.1, 0.15) is 5.54 Å². The summed E-state index contributed by atoms with van der Waals surface area (Å²) in [6, 6.07) is 18.4. The highest BCUT2D eigenvalue weighted by molar-refractivity contribution is 6.62. The van der Waals surface area contributed by atoms with Crippen molar-refractivity contribution < 1.29 is 9.59 Å².